The Hall–Kier alpha value is -1.35. The van der Waals surface area contributed by atoms with Gasteiger partial charge in [0.2, 0.25) is 0 Å². The van der Waals surface area contributed by atoms with Crippen LogP contribution in [0.2, 0.25) is 5.15 Å². The first kappa shape index (κ1) is 12.7. The van der Waals surface area contributed by atoms with E-state index in [1.54, 1.807) is 0 Å². The molecule has 0 spiro atoms. The van der Waals surface area contributed by atoms with Gasteiger partial charge in [-0.15, -0.1) is 10.2 Å². The summed E-state index contributed by atoms with van der Waals surface area (Å²) in [7, 11) is 0. The molecule has 1 fully saturated rings. The quantitative estimate of drug-likeness (QED) is 0.847. The van der Waals surface area contributed by atoms with Gasteiger partial charge in [-0.2, -0.15) is 0 Å². The van der Waals surface area contributed by atoms with Crippen molar-refractivity contribution in [3.63, 3.8) is 0 Å². The summed E-state index contributed by atoms with van der Waals surface area (Å²) in [6, 6.07) is 8.10. The summed E-state index contributed by atoms with van der Waals surface area (Å²) in [5, 5.41) is 11.0. The Bertz CT molecular complexity index is 581. The minimum Gasteiger partial charge on any atom is -0.355 e. The van der Waals surface area contributed by atoms with Crippen molar-refractivity contribution in [3.8, 4) is 0 Å². The lowest BCUT2D eigenvalue weighted by atomic mass is 9.85. The average molecular weight is 276 g/mol. The molecular formula is C15H18ClN3. The van der Waals surface area contributed by atoms with Crippen LogP contribution in [0.25, 0.3) is 10.8 Å². The number of hydrogen-bond acceptors (Lipinski definition) is 3. The second kappa shape index (κ2) is 5.33. The van der Waals surface area contributed by atoms with Gasteiger partial charge in [0, 0.05) is 23.9 Å². The summed E-state index contributed by atoms with van der Waals surface area (Å²) in [6.07, 6.45) is 4.06. The normalized spacial score (nSPS) is 15.5. The van der Waals surface area contributed by atoms with Crippen molar-refractivity contribution in [2.24, 2.45) is 5.92 Å². The lowest BCUT2D eigenvalue weighted by Crippen LogP contribution is -2.33. The molecule has 0 unspecified atom stereocenters. The minimum atomic E-state index is 0.485. The van der Waals surface area contributed by atoms with Crippen molar-refractivity contribution in [1.29, 1.82) is 0 Å². The molecule has 1 saturated carbocycles. The largest absolute Gasteiger partial charge is 0.355 e. The Balaban J connectivity index is 2.00. The Morgan fingerprint density at radius 3 is 2.58 bits per heavy atom. The van der Waals surface area contributed by atoms with Crippen LogP contribution in [0.5, 0.6) is 0 Å². The van der Waals surface area contributed by atoms with E-state index in [0.717, 1.165) is 35.6 Å². The van der Waals surface area contributed by atoms with Crippen molar-refractivity contribution in [2.75, 3.05) is 18.0 Å². The first-order valence-corrected chi connectivity index (χ1v) is 7.33. The average Bonchev–Trinajstić information content (AvgIpc) is 2.40. The van der Waals surface area contributed by atoms with Gasteiger partial charge in [0.15, 0.2) is 11.0 Å². The Kier molecular flexibility index (Phi) is 3.56. The maximum atomic E-state index is 6.13. The van der Waals surface area contributed by atoms with E-state index in [1.165, 1.54) is 19.3 Å². The molecule has 0 atom stereocenters. The van der Waals surface area contributed by atoms with Crippen LogP contribution in [-0.2, 0) is 0 Å². The standard InChI is InChI=1S/C15H18ClN3/c1-2-19(10-11-6-5-7-11)15-13-9-4-3-8-12(13)14(16)17-18-15/h3-4,8-9,11H,2,5-7,10H2,1H3. The lowest BCUT2D eigenvalue weighted by molar-refractivity contribution is 0.318. The van der Waals surface area contributed by atoms with Crippen LogP contribution in [0, 0.1) is 5.92 Å². The molecule has 1 aliphatic carbocycles. The number of benzene rings is 1. The zero-order valence-electron chi connectivity index (χ0n) is 11.1. The van der Waals surface area contributed by atoms with Gasteiger partial charge in [-0.3, -0.25) is 0 Å². The van der Waals surface area contributed by atoms with E-state index < -0.39 is 0 Å². The van der Waals surface area contributed by atoms with Gasteiger partial charge in [0.25, 0.3) is 0 Å². The topological polar surface area (TPSA) is 29.0 Å². The number of rotatable bonds is 4. The third-order valence-corrected chi connectivity index (χ3v) is 4.29. The highest BCUT2D eigenvalue weighted by molar-refractivity contribution is 6.34. The number of fused-ring (bicyclic) bond motifs is 1. The summed E-state index contributed by atoms with van der Waals surface area (Å²) in [4.78, 5) is 2.33. The summed E-state index contributed by atoms with van der Waals surface area (Å²) >= 11 is 6.13. The van der Waals surface area contributed by atoms with Crippen LogP contribution in [0.4, 0.5) is 5.82 Å². The van der Waals surface area contributed by atoms with Crippen LogP contribution in [0.3, 0.4) is 0 Å². The second-order valence-corrected chi connectivity index (χ2v) is 5.55. The fourth-order valence-electron chi connectivity index (χ4n) is 2.64. The fraction of sp³-hybridized carbons (Fsp3) is 0.467. The van der Waals surface area contributed by atoms with E-state index in [9.17, 15) is 0 Å². The van der Waals surface area contributed by atoms with Gasteiger partial charge in [0.1, 0.15) is 0 Å². The zero-order chi connectivity index (χ0) is 13.2. The molecule has 0 radical (unpaired) electrons. The highest BCUT2D eigenvalue weighted by Gasteiger charge is 2.22. The smallest absolute Gasteiger partial charge is 0.159 e. The minimum absolute atomic E-state index is 0.485. The highest BCUT2D eigenvalue weighted by atomic mass is 35.5. The molecule has 3 nitrogen and oxygen atoms in total. The maximum absolute atomic E-state index is 6.13. The predicted molar refractivity (Wildman–Crippen MR) is 79.8 cm³/mol. The van der Waals surface area contributed by atoms with E-state index in [4.69, 9.17) is 11.6 Å². The number of hydrogen-bond donors (Lipinski definition) is 0. The molecule has 1 aliphatic rings. The van der Waals surface area contributed by atoms with Crippen molar-refractivity contribution in [3.05, 3.63) is 29.4 Å². The van der Waals surface area contributed by atoms with Crippen LogP contribution >= 0.6 is 11.6 Å². The first-order valence-electron chi connectivity index (χ1n) is 6.95. The molecule has 1 aromatic carbocycles. The number of halogens is 1. The van der Waals surface area contributed by atoms with Crippen molar-refractivity contribution < 1.29 is 0 Å². The number of aromatic nitrogens is 2. The number of nitrogens with zero attached hydrogens (tertiary/aromatic N) is 3. The molecule has 0 N–H and O–H groups in total. The van der Waals surface area contributed by atoms with Gasteiger partial charge in [-0.1, -0.05) is 42.3 Å². The monoisotopic (exact) mass is 275 g/mol. The summed E-state index contributed by atoms with van der Waals surface area (Å²) in [5.74, 6) is 1.78. The van der Waals surface area contributed by atoms with E-state index in [1.807, 2.05) is 18.2 Å². The summed E-state index contributed by atoms with van der Waals surface area (Å²) < 4.78 is 0. The Morgan fingerprint density at radius 1 is 1.21 bits per heavy atom. The van der Waals surface area contributed by atoms with E-state index >= 15 is 0 Å². The lowest BCUT2D eigenvalue weighted by Gasteiger charge is -2.32. The SMILES string of the molecule is CCN(CC1CCC1)c1nnc(Cl)c2ccccc12. The van der Waals surface area contributed by atoms with Crippen LogP contribution in [-0.4, -0.2) is 23.3 Å². The van der Waals surface area contributed by atoms with Gasteiger partial charge in [-0.25, -0.2) is 0 Å². The molecule has 0 bridgehead atoms. The fourth-order valence-corrected chi connectivity index (χ4v) is 2.85. The van der Waals surface area contributed by atoms with Crippen LogP contribution < -0.4 is 4.90 Å². The predicted octanol–water partition coefficient (Wildman–Crippen LogP) is 3.91. The molecular weight excluding hydrogens is 258 g/mol. The summed E-state index contributed by atoms with van der Waals surface area (Å²) in [6.45, 7) is 4.21. The molecule has 2 aromatic rings. The third kappa shape index (κ3) is 2.39. The first-order chi connectivity index (χ1) is 9.29. The van der Waals surface area contributed by atoms with Gasteiger partial charge < -0.3 is 4.90 Å². The molecule has 0 amide bonds. The third-order valence-electron chi connectivity index (χ3n) is 4.01. The highest BCUT2D eigenvalue weighted by Crippen LogP contribution is 2.32. The molecule has 0 aliphatic heterocycles. The van der Waals surface area contributed by atoms with Gasteiger partial charge >= 0.3 is 0 Å². The molecule has 1 heterocycles. The van der Waals surface area contributed by atoms with Crippen molar-refractivity contribution >= 4 is 28.2 Å². The van der Waals surface area contributed by atoms with Crippen molar-refractivity contribution in [2.45, 2.75) is 26.2 Å². The zero-order valence-corrected chi connectivity index (χ0v) is 11.9. The molecule has 3 rings (SSSR count). The van der Waals surface area contributed by atoms with E-state index in [0.29, 0.717) is 5.15 Å². The van der Waals surface area contributed by atoms with Crippen LogP contribution in [0.1, 0.15) is 26.2 Å². The van der Waals surface area contributed by atoms with E-state index in [-0.39, 0.29) is 0 Å². The Labute approximate surface area is 118 Å². The molecule has 4 heteroatoms. The molecule has 19 heavy (non-hydrogen) atoms. The second-order valence-electron chi connectivity index (χ2n) is 5.20. The number of anilines is 1. The maximum Gasteiger partial charge on any atom is 0.159 e. The van der Waals surface area contributed by atoms with E-state index in [2.05, 4.69) is 28.1 Å². The molecule has 100 valence electrons. The summed E-state index contributed by atoms with van der Waals surface area (Å²) in [5.41, 5.74) is 0. The molecule has 0 saturated heterocycles. The van der Waals surface area contributed by atoms with Crippen LogP contribution in [0.15, 0.2) is 24.3 Å². The van der Waals surface area contributed by atoms with Gasteiger partial charge in [0.05, 0.1) is 0 Å². The molecule has 1 aromatic heterocycles. The van der Waals surface area contributed by atoms with Crippen molar-refractivity contribution in [1.82, 2.24) is 10.2 Å². The van der Waals surface area contributed by atoms with Gasteiger partial charge in [-0.05, 0) is 25.7 Å². The Morgan fingerprint density at radius 2 is 1.95 bits per heavy atom.